The quantitative estimate of drug-likeness (QED) is 0.137. The molecule has 1 amide bonds. The molecule has 1 N–H and O–H groups in total. The maximum absolute atomic E-state index is 13.7. The summed E-state index contributed by atoms with van der Waals surface area (Å²) in [6.45, 7) is 6.96. The molecule has 5 rings (SSSR count). The highest BCUT2D eigenvalue weighted by atomic mass is 32.1. The number of aliphatic hydroxyl groups is 1. The number of amides is 1. The lowest BCUT2D eigenvalue weighted by Gasteiger charge is -2.24. The summed E-state index contributed by atoms with van der Waals surface area (Å²) in [4.78, 5) is 33.3. The molecule has 212 valence electrons. The van der Waals surface area contributed by atoms with Crippen molar-refractivity contribution < 1.29 is 33.6 Å². The van der Waals surface area contributed by atoms with Crippen LogP contribution < -0.4 is 23.8 Å². The van der Waals surface area contributed by atoms with E-state index in [4.69, 9.17) is 23.9 Å². The Morgan fingerprint density at radius 2 is 1.56 bits per heavy atom. The van der Waals surface area contributed by atoms with Gasteiger partial charge in [-0.25, -0.2) is 4.98 Å². The van der Waals surface area contributed by atoms with Crippen LogP contribution in [0.3, 0.4) is 0 Å². The first-order valence-electron chi connectivity index (χ1n) is 13.3. The minimum Gasteiger partial charge on any atom is -0.507 e. The van der Waals surface area contributed by atoms with Crippen molar-refractivity contribution in [3.63, 3.8) is 0 Å². The number of aromatic nitrogens is 1. The van der Waals surface area contributed by atoms with Crippen molar-refractivity contribution >= 4 is 44.1 Å². The van der Waals surface area contributed by atoms with Gasteiger partial charge in [0, 0.05) is 5.56 Å². The smallest absolute Gasteiger partial charge is 0.301 e. The van der Waals surface area contributed by atoms with Crippen LogP contribution in [0.4, 0.5) is 5.13 Å². The van der Waals surface area contributed by atoms with Gasteiger partial charge in [0.25, 0.3) is 5.78 Å². The third kappa shape index (κ3) is 5.30. The molecule has 0 spiro atoms. The molecule has 0 bridgehead atoms. The number of methoxy groups -OCH3 is 1. The zero-order chi connectivity index (χ0) is 29.1. The Bertz CT molecular complexity index is 1630. The van der Waals surface area contributed by atoms with Crippen LogP contribution in [-0.4, -0.2) is 48.7 Å². The van der Waals surface area contributed by atoms with E-state index in [1.165, 1.54) is 23.3 Å². The van der Waals surface area contributed by atoms with Gasteiger partial charge in [-0.3, -0.25) is 14.5 Å². The van der Waals surface area contributed by atoms with Gasteiger partial charge in [-0.05, 0) is 80.9 Å². The van der Waals surface area contributed by atoms with Gasteiger partial charge in [-0.2, -0.15) is 0 Å². The highest BCUT2D eigenvalue weighted by molar-refractivity contribution is 7.22. The van der Waals surface area contributed by atoms with E-state index in [2.05, 4.69) is 0 Å². The Hall–Kier alpha value is -4.57. The predicted molar refractivity (Wildman–Crippen MR) is 157 cm³/mol. The second kappa shape index (κ2) is 11.9. The second-order valence-corrected chi connectivity index (χ2v) is 10.0. The zero-order valence-corrected chi connectivity index (χ0v) is 24.0. The van der Waals surface area contributed by atoms with Gasteiger partial charge in [0.2, 0.25) is 0 Å². The molecule has 1 fully saturated rings. The number of carbonyl (C=O) groups excluding carboxylic acids is 2. The topological polar surface area (TPSA) is 107 Å². The van der Waals surface area contributed by atoms with Crippen LogP contribution in [0.5, 0.6) is 23.0 Å². The number of anilines is 1. The minimum absolute atomic E-state index is 0.0546. The van der Waals surface area contributed by atoms with Gasteiger partial charge in [0.1, 0.15) is 17.3 Å². The maximum Gasteiger partial charge on any atom is 0.301 e. The summed E-state index contributed by atoms with van der Waals surface area (Å²) >= 11 is 1.26. The number of hydrogen-bond acceptors (Lipinski definition) is 9. The highest BCUT2D eigenvalue weighted by Crippen LogP contribution is 2.46. The van der Waals surface area contributed by atoms with Crippen molar-refractivity contribution in [1.29, 1.82) is 0 Å². The third-order valence-corrected chi connectivity index (χ3v) is 7.57. The summed E-state index contributed by atoms with van der Waals surface area (Å²) in [5.74, 6) is 0.366. The number of hydrogen-bond donors (Lipinski definition) is 1. The average molecular weight is 575 g/mol. The fourth-order valence-electron chi connectivity index (χ4n) is 4.74. The van der Waals surface area contributed by atoms with Crippen molar-refractivity contribution in [2.24, 2.45) is 0 Å². The number of benzene rings is 3. The molecule has 1 aliphatic rings. The molecule has 10 heteroatoms. The van der Waals surface area contributed by atoms with E-state index < -0.39 is 17.7 Å². The highest BCUT2D eigenvalue weighted by Gasteiger charge is 2.48. The van der Waals surface area contributed by atoms with E-state index >= 15 is 0 Å². The molecule has 1 saturated heterocycles. The molecule has 41 heavy (non-hydrogen) atoms. The number of Topliss-reactive ketones (excluding diaryl/α,β-unsaturated/α-hetero) is 1. The Kier molecular flexibility index (Phi) is 8.11. The largest absolute Gasteiger partial charge is 0.507 e. The zero-order valence-electron chi connectivity index (χ0n) is 23.2. The molecule has 2 heterocycles. The van der Waals surface area contributed by atoms with Crippen LogP contribution in [0.1, 0.15) is 37.9 Å². The Balaban J connectivity index is 1.70. The second-order valence-electron chi connectivity index (χ2n) is 9.03. The molecule has 0 saturated carbocycles. The van der Waals surface area contributed by atoms with Crippen LogP contribution in [0, 0.1) is 0 Å². The van der Waals surface area contributed by atoms with E-state index in [-0.39, 0.29) is 11.3 Å². The lowest BCUT2D eigenvalue weighted by Crippen LogP contribution is -2.29. The van der Waals surface area contributed by atoms with Gasteiger partial charge in [-0.15, -0.1) is 0 Å². The van der Waals surface area contributed by atoms with Crippen molar-refractivity contribution in [3.05, 3.63) is 77.4 Å². The third-order valence-electron chi connectivity index (χ3n) is 6.56. The summed E-state index contributed by atoms with van der Waals surface area (Å²) in [5.41, 5.74) is 1.53. The van der Waals surface area contributed by atoms with Gasteiger partial charge in [0.05, 0.1) is 48.8 Å². The number of ether oxygens (including phenoxy) is 4. The van der Waals surface area contributed by atoms with Crippen LogP contribution in [0.25, 0.3) is 16.0 Å². The van der Waals surface area contributed by atoms with Crippen LogP contribution in [0.15, 0.2) is 66.2 Å². The maximum atomic E-state index is 13.7. The first-order chi connectivity index (χ1) is 19.9. The average Bonchev–Trinajstić information content (AvgIpc) is 3.51. The number of nitrogens with zero attached hydrogens (tertiary/aromatic N) is 2. The standard InChI is InChI=1S/C31H30N2O7S/c1-5-38-21-13-14-22-25(17-21)41-31(32-22)33-27(19-10-15-23(39-6-2)24(16-19)40-7-3)26(29(35)30(33)36)28(34)18-8-11-20(37-4)12-9-18/h8-17,27,34H,5-7H2,1-4H3/b28-26+. The molecule has 3 aromatic carbocycles. The molecular weight excluding hydrogens is 544 g/mol. The fraction of sp³-hybridized carbons (Fsp3) is 0.258. The fourth-order valence-corrected chi connectivity index (χ4v) is 5.76. The van der Waals surface area contributed by atoms with Gasteiger partial charge < -0.3 is 24.1 Å². The molecule has 1 atom stereocenters. The van der Waals surface area contributed by atoms with E-state index in [9.17, 15) is 14.7 Å². The monoisotopic (exact) mass is 574 g/mol. The summed E-state index contributed by atoms with van der Waals surface area (Å²) < 4.78 is 23.2. The van der Waals surface area contributed by atoms with E-state index in [1.807, 2.05) is 39.0 Å². The van der Waals surface area contributed by atoms with E-state index in [1.54, 1.807) is 42.5 Å². The number of ketones is 1. The van der Waals surface area contributed by atoms with Crippen molar-refractivity contribution in [1.82, 2.24) is 4.98 Å². The number of rotatable bonds is 10. The summed E-state index contributed by atoms with van der Waals surface area (Å²) in [6, 6.07) is 16.4. The van der Waals surface area contributed by atoms with Gasteiger partial charge in [-0.1, -0.05) is 17.4 Å². The molecule has 1 unspecified atom stereocenters. The first-order valence-corrected chi connectivity index (χ1v) is 14.1. The van der Waals surface area contributed by atoms with Crippen molar-refractivity contribution in [2.75, 3.05) is 31.8 Å². The number of aliphatic hydroxyl groups excluding tert-OH is 1. The van der Waals surface area contributed by atoms with Gasteiger partial charge in [0.15, 0.2) is 16.6 Å². The molecular formula is C31H30N2O7S. The lowest BCUT2D eigenvalue weighted by atomic mass is 9.95. The first kappa shape index (κ1) is 28.0. The van der Waals surface area contributed by atoms with Crippen LogP contribution in [0.2, 0.25) is 0 Å². The minimum atomic E-state index is -0.973. The van der Waals surface area contributed by atoms with Crippen LogP contribution >= 0.6 is 11.3 Å². The van der Waals surface area contributed by atoms with Crippen molar-refractivity contribution in [3.8, 4) is 23.0 Å². The lowest BCUT2D eigenvalue weighted by molar-refractivity contribution is -0.132. The Morgan fingerprint density at radius 3 is 2.24 bits per heavy atom. The number of carbonyl (C=O) groups is 2. The Labute approximate surface area is 241 Å². The number of fused-ring (bicyclic) bond motifs is 1. The van der Waals surface area contributed by atoms with Gasteiger partial charge >= 0.3 is 5.91 Å². The molecule has 9 nitrogen and oxygen atoms in total. The Morgan fingerprint density at radius 1 is 0.878 bits per heavy atom. The normalized spacial score (nSPS) is 16.3. The van der Waals surface area contributed by atoms with Crippen LogP contribution in [-0.2, 0) is 9.59 Å². The SMILES string of the molecule is CCOc1ccc2nc(N3C(=O)C(=O)/C(=C(/O)c4ccc(OC)cc4)C3c3ccc(OCC)c(OCC)c3)sc2c1. The summed E-state index contributed by atoms with van der Waals surface area (Å²) in [5, 5.41) is 11.8. The van der Waals surface area contributed by atoms with E-state index in [0.29, 0.717) is 64.6 Å². The summed E-state index contributed by atoms with van der Waals surface area (Å²) in [6.07, 6.45) is 0. The molecule has 4 aromatic rings. The molecule has 0 radical (unpaired) electrons. The molecule has 1 aromatic heterocycles. The van der Waals surface area contributed by atoms with Crippen molar-refractivity contribution in [2.45, 2.75) is 26.8 Å². The molecule has 1 aliphatic heterocycles. The molecule has 0 aliphatic carbocycles. The van der Waals surface area contributed by atoms with E-state index in [0.717, 1.165) is 4.70 Å². The number of thiazole rings is 1. The predicted octanol–water partition coefficient (Wildman–Crippen LogP) is 6.13. The summed E-state index contributed by atoms with van der Waals surface area (Å²) in [7, 11) is 1.54.